The number of fused-ring (bicyclic) bond motifs is 1. The van der Waals surface area contributed by atoms with Crippen molar-refractivity contribution in [2.45, 2.75) is 42.1 Å². The summed E-state index contributed by atoms with van der Waals surface area (Å²) in [6.45, 7) is 3.20. The molecule has 0 fully saturated rings. The molecule has 0 aliphatic carbocycles. The van der Waals surface area contributed by atoms with E-state index in [4.69, 9.17) is 31.9 Å². The lowest BCUT2D eigenvalue weighted by Crippen LogP contribution is -2.44. The van der Waals surface area contributed by atoms with E-state index in [1.165, 1.54) is 24.3 Å². The Morgan fingerprint density at radius 1 is 1.31 bits per heavy atom. The molecular formula is C20H22ClNO6S. The second-order valence-electron chi connectivity index (χ2n) is 7.52. The fourth-order valence-corrected chi connectivity index (χ4v) is 5.04. The number of rotatable bonds is 6. The number of carbonyl (C=O) groups is 1. The van der Waals surface area contributed by atoms with Crippen LogP contribution >= 0.6 is 11.6 Å². The molecular weight excluding hydrogens is 418 g/mol. The molecule has 0 bridgehead atoms. The Kier molecular flexibility index (Phi) is 5.80. The predicted octanol–water partition coefficient (Wildman–Crippen LogP) is 3.21. The van der Waals surface area contributed by atoms with Gasteiger partial charge in [0.05, 0.1) is 4.90 Å². The summed E-state index contributed by atoms with van der Waals surface area (Å²) in [5.41, 5.74) is 6.25. The second-order valence-corrected chi connectivity index (χ2v) is 10.1. The third kappa shape index (κ3) is 4.66. The number of nitrogens with two attached hydrogens (primary N) is 1. The number of hydrogen-bond acceptors (Lipinski definition) is 6. The predicted molar refractivity (Wildman–Crippen MR) is 108 cm³/mol. The van der Waals surface area contributed by atoms with Crippen LogP contribution < -0.4 is 15.2 Å². The summed E-state index contributed by atoms with van der Waals surface area (Å²) < 4.78 is 37.4. The molecule has 0 saturated carbocycles. The van der Waals surface area contributed by atoms with Crippen molar-refractivity contribution in [2.75, 3.05) is 6.61 Å². The van der Waals surface area contributed by atoms with Gasteiger partial charge in [0.25, 0.3) is 0 Å². The maximum atomic E-state index is 13.1. The van der Waals surface area contributed by atoms with Gasteiger partial charge in [0.1, 0.15) is 22.5 Å². The number of carboxylic acid groups (broad SMARTS) is 1. The molecule has 2 unspecified atom stereocenters. The topological polar surface area (TPSA) is 116 Å². The standard InChI is InChI=1S/C20H22ClNO6S/c1-20(2)10-16(19(22)29(25,26)14-6-3-12(21)4-7-14)15-8-5-13(9-17(15)28-20)27-11-18(23)24/h3-9,16,19H,10-11,22H2,1-2H3,(H,23,24). The molecule has 3 N–H and O–H groups in total. The van der Waals surface area contributed by atoms with Gasteiger partial charge < -0.3 is 20.3 Å². The minimum atomic E-state index is -3.83. The van der Waals surface area contributed by atoms with Crippen LogP contribution in [0.5, 0.6) is 11.5 Å². The van der Waals surface area contributed by atoms with Gasteiger partial charge in [0.15, 0.2) is 16.4 Å². The van der Waals surface area contributed by atoms with Crippen LogP contribution in [0, 0.1) is 0 Å². The summed E-state index contributed by atoms with van der Waals surface area (Å²) >= 11 is 5.86. The van der Waals surface area contributed by atoms with Crippen LogP contribution in [0.1, 0.15) is 31.7 Å². The fraction of sp³-hybridized carbons (Fsp3) is 0.350. The van der Waals surface area contributed by atoms with Crippen molar-refractivity contribution in [3.8, 4) is 11.5 Å². The number of sulfone groups is 1. The molecule has 156 valence electrons. The van der Waals surface area contributed by atoms with Gasteiger partial charge in [-0.15, -0.1) is 0 Å². The number of aliphatic carboxylic acids is 1. The molecule has 1 aliphatic heterocycles. The summed E-state index contributed by atoms with van der Waals surface area (Å²) in [6.07, 6.45) is 0.392. The molecule has 0 spiro atoms. The average molecular weight is 440 g/mol. The third-order valence-corrected chi connectivity index (χ3v) is 6.97. The van der Waals surface area contributed by atoms with Crippen LogP contribution in [0.3, 0.4) is 0 Å². The lowest BCUT2D eigenvalue weighted by atomic mass is 9.84. The summed E-state index contributed by atoms with van der Waals surface area (Å²) in [4.78, 5) is 10.8. The van der Waals surface area contributed by atoms with Crippen molar-refractivity contribution in [2.24, 2.45) is 5.73 Å². The zero-order chi connectivity index (χ0) is 21.4. The highest BCUT2D eigenvalue weighted by molar-refractivity contribution is 7.92. The number of carboxylic acids is 1. The van der Waals surface area contributed by atoms with Gasteiger partial charge in [-0.25, -0.2) is 13.2 Å². The molecule has 1 heterocycles. The van der Waals surface area contributed by atoms with Crippen LogP contribution in [0.2, 0.25) is 5.02 Å². The highest BCUT2D eigenvalue weighted by Gasteiger charge is 2.42. The first kappa shape index (κ1) is 21.4. The lowest BCUT2D eigenvalue weighted by Gasteiger charge is -2.39. The quantitative estimate of drug-likeness (QED) is 0.709. The van der Waals surface area contributed by atoms with Gasteiger partial charge in [-0.05, 0) is 50.6 Å². The van der Waals surface area contributed by atoms with Crippen molar-refractivity contribution in [1.82, 2.24) is 0 Å². The Morgan fingerprint density at radius 3 is 2.59 bits per heavy atom. The van der Waals surface area contributed by atoms with Crippen molar-refractivity contribution in [1.29, 1.82) is 0 Å². The van der Waals surface area contributed by atoms with E-state index in [1.54, 1.807) is 18.2 Å². The number of halogens is 1. The third-order valence-electron chi connectivity index (χ3n) is 4.74. The minimum Gasteiger partial charge on any atom is -0.487 e. The van der Waals surface area contributed by atoms with Crippen molar-refractivity contribution >= 4 is 27.4 Å². The second kappa shape index (κ2) is 7.85. The summed E-state index contributed by atoms with van der Waals surface area (Å²) in [5, 5.41) is 8.01. The SMILES string of the molecule is CC1(C)CC(C(N)S(=O)(=O)c2ccc(Cl)cc2)c2ccc(OCC(=O)O)cc2O1. The summed E-state index contributed by atoms with van der Waals surface area (Å²) in [5.74, 6) is -0.881. The largest absolute Gasteiger partial charge is 0.487 e. The molecule has 2 atom stereocenters. The maximum Gasteiger partial charge on any atom is 0.341 e. The Hall–Kier alpha value is -2.29. The molecule has 2 aromatic rings. The van der Waals surface area contributed by atoms with E-state index in [1.807, 2.05) is 13.8 Å². The Morgan fingerprint density at radius 2 is 1.97 bits per heavy atom. The van der Waals surface area contributed by atoms with Crippen LogP contribution in [-0.2, 0) is 14.6 Å². The van der Waals surface area contributed by atoms with E-state index < -0.39 is 39.3 Å². The lowest BCUT2D eigenvalue weighted by molar-refractivity contribution is -0.139. The van der Waals surface area contributed by atoms with Gasteiger partial charge in [-0.3, -0.25) is 0 Å². The highest BCUT2D eigenvalue weighted by atomic mass is 35.5. The monoisotopic (exact) mass is 439 g/mol. The highest BCUT2D eigenvalue weighted by Crippen LogP contribution is 2.45. The molecule has 0 aromatic heterocycles. The zero-order valence-electron chi connectivity index (χ0n) is 16.0. The van der Waals surface area contributed by atoms with Gasteiger partial charge in [0, 0.05) is 22.6 Å². The molecule has 2 aromatic carbocycles. The maximum absolute atomic E-state index is 13.1. The Bertz CT molecular complexity index is 1020. The van der Waals surface area contributed by atoms with Crippen molar-refractivity contribution in [3.05, 3.63) is 53.1 Å². The Balaban J connectivity index is 1.97. The molecule has 29 heavy (non-hydrogen) atoms. The normalized spacial score (nSPS) is 19.0. The zero-order valence-corrected chi connectivity index (χ0v) is 17.5. The van der Waals surface area contributed by atoms with Crippen molar-refractivity contribution < 1.29 is 27.8 Å². The Labute approximate surface area is 174 Å². The van der Waals surface area contributed by atoms with Gasteiger partial charge >= 0.3 is 5.97 Å². The molecule has 0 saturated heterocycles. The molecule has 0 amide bonds. The first-order chi connectivity index (χ1) is 13.5. The average Bonchev–Trinajstić information content (AvgIpc) is 2.64. The number of ether oxygens (including phenoxy) is 2. The van der Waals surface area contributed by atoms with E-state index in [0.29, 0.717) is 28.5 Å². The summed E-state index contributed by atoms with van der Waals surface area (Å²) in [7, 11) is -3.83. The van der Waals surface area contributed by atoms with E-state index in [-0.39, 0.29) is 4.90 Å². The van der Waals surface area contributed by atoms with E-state index in [0.717, 1.165) is 0 Å². The molecule has 1 aliphatic rings. The van der Waals surface area contributed by atoms with Crippen LogP contribution in [0.15, 0.2) is 47.4 Å². The van der Waals surface area contributed by atoms with Crippen LogP contribution in [-0.4, -0.2) is 37.1 Å². The fourth-order valence-electron chi connectivity index (χ4n) is 3.41. The van der Waals surface area contributed by atoms with Gasteiger partial charge in [-0.2, -0.15) is 0 Å². The van der Waals surface area contributed by atoms with Crippen LogP contribution in [0.4, 0.5) is 0 Å². The van der Waals surface area contributed by atoms with Crippen LogP contribution in [0.25, 0.3) is 0 Å². The van der Waals surface area contributed by atoms with Crippen molar-refractivity contribution in [3.63, 3.8) is 0 Å². The van der Waals surface area contributed by atoms with Gasteiger partial charge in [-0.1, -0.05) is 17.7 Å². The van der Waals surface area contributed by atoms with E-state index >= 15 is 0 Å². The van der Waals surface area contributed by atoms with E-state index in [9.17, 15) is 13.2 Å². The number of hydrogen-bond donors (Lipinski definition) is 2. The van der Waals surface area contributed by atoms with Gasteiger partial charge in [0.2, 0.25) is 0 Å². The molecule has 9 heteroatoms. The number of benzene rings is 2. The molecule has 3 rings (SSSR count). The molecule has 7 nitrogen and oxygen atoms in total. The first-order valence-electron chi connectivity index (χ1n) is 8.92. The first-order valence-corrected chi connectivity index (χ1v) is 10.8. The summed E-state index contributed by atoms with van der Waals surface area (Å²) in [6, 6.07) is 10.7. The van der Waals surface area contributed by atoms with E-state index in [2.05, 4.69) is 0 Å². The molecule has 0 radical (unpaired) electrons. The smallest absolute Gasteiger partial charge is 0.341 e. The minimum absolute atomic E-state index is 0.0988.